The molecule has 0 saturated carbocycles. The van der Waals surface area contributed by atoms with Gasteiger partial charge in [0.1, 0.15) is 17.5 Å². The van der Waals surface area contributed by atoms with Gasteiger partial charge in [0, 0.05) is 18.8 Å². The van der Waals surface area contributed by atoms with Crippen LogP contribution in [0, 0.1) is 11.7 Å². The zero-order valence-electron chi connectivity index (χ0n) is 16.0. The number of benzene rings is 2. The van der Waals surface area contributed by atoms with Crippen molar-refractivity contribution in [3.05, 3.63) is 59.9 Å². The number of ether oxygens (including phenoxy) is 1. The molecular weight excluding hydrogens is 359 g/mol. The minimum Gasteiger partial charge on any atom is -0.494 e. The Morgan fingerprint density at radius 2 is 1.89 bits per heavy atom. The van der Waals surface area contributed by atoms with Gasteiger partial charge in [-0.25, -0.2) is 4.39 Å². The first-order valence-corrected chi connectivity index (χ1v) is 9.65. The molecule has 1 N–H and O–H groups in total. The number of hydrogen-bond donors (Lipinski definition) is 1. The molecule has 0 aliphatic carbocycles. The molecule has 1 saturated heterocycles. The Morgan fingerprint density at radius 1 is 1.18 bits per heavy atom. The fourth-order valence-electron chi connectivity index (χ4n) is 3.15. The van der Waals surface area contributed by atoms with E-state index in [2.05, 4.69) is 12.2 Å². The summed E-state index contributed by atoms with van der Waals surface area (Å²) in [5, 5.41) is 2.84. The first-order valence-electron chi connectivity index (χ1n) is 9.65. The number of anilines is 1. The summed E-state index contributed by atoms with van der Waals surface area (Å²) in [6, 6.07) is 13.3. The van der Waals surface area contributed by atoms with Crippen LogP contribution < -0.4 is 15.0 Å². The molecule has 1 fully saturated rings. The molecule has 0 radical (unpaired) electrons. The van der Waals surface area contributed by atoms with Crippen molar-refractivity contribution >= 4 is 17.5 Å². The minimum absolute atomic E-state index is 0.246. The minimum atomic E-state index is -0.707. The fourth-order valence-corrected chi connectivity index (χ4v) is 3.15. The lowest BCUT2D eigenvalue weighted by atomic mass is 10.1. The summed E-state index contributed by atoms with van der Waals surface area (Å²) in [5.74, 6) is -0.778. The smallest absolute Gasteiger partial charge is 0.239 e. The van der Waals surface area contributed by atoms with E-state index in [0.717, 1.165) is 24.2 Å². The van der Waals surface area contributed by atoms with Crippen molar-refractivity contribution in [1.82, 2.24) is 5.32 Å². The van der Waals surface area contributed by atoms with Gasteiger partial charge in [-0.15, -0.1) is 0 Å². The third-order valence-corrected chi connectivity index (χ3v) is 4.82. The van der Waals surface area contributed by atoms with E-state index in [9.17, 15) is 14.0 Å². The van der Waals surface area contributed by atoms with Gasteiger partial charge in [-0.1, -0.05) is 25.5 Å². The molecule has 6 heteroatoms. The van der Waals surface area contributed by atoms with Crippen molar-refractivity contribution in [3.8, 4) is 5.75 Å². The summed E-state index contributed by atoms with van der Waals surface area (Å²) in [7, 11) is 0. The van der Waals surface area contributed by atoms with Crippen LogP contribution in [0.5, 0.6) is 5.75 Å². The molecule has 5 nitrogen and oxygen atoms in total. The molecule has 0 bridgehead atoms. The monoisotopic (exact) mass is 384 g/mol. The molecule has 148 valence electrons. The van der Waals surface area contributed by atoms with Crippen LogP contribution >= 0.6 is 0 Å². The van der Waals surface area contributed by atoms with Crippen molar-refractivity contribution in [2.75, 3.05) is 18.1 Å². The van der Waals surface area contributed by atoms with Crippen LogP contribution in [0.15, 0.2) is 48.5 Å². The maximum atomic E-state index is 13.1. The van der Waals surface area contributed by atoms with Crippen LogP contribution in [0.1, 0.15) is 31.7 Å². The van der Waals surface area contributed by atoms with Crippen molar-refractivity contribution in [1.29, 1.82) is 0 Å². The van der Waals surface area contributed by atoms with Crippen molar-refractivity contribution < 1.29 is 18.7 Å². The van der Waals surface area contributed by atoms with Gasteiger partial charge in [0.2, 0.25) is 11.8 Å². The van der Waals surface area contributed by atoms with Crippen LogP contribution in [0.2, 0.25) is 0 Å². The predicted octanol–water partition coefficient (Wildman–Crippen LogP) is 3.67. The van der Waals surface area contributed by atoms with E-state index >= 15 is 0 Å². The zero-order valence-corrected chi connectivity index (χ0v) is 16.0. The number of halogens is 1. The highest BCUT2D eigenvalue weighted by molar-refractivity contribution is 6.09. The molecule has 1 aliphatic heterocycles. The lowest BCUT2D eigenvalue weighted by molar-refractivity contribution is -0.132. The summed E-state index contributed by atoms with van der Waals surface area (Å²) in [5.41, 5.74) is 1.55. The highest BCUT2D eigenvalue weighted by Gasteiger charge is 2.37. The first kappa shape index (κ1) is 19.9. The van der Waals surface area contributed by atoms with Crippen LogP contribution in [0.25, 0.3) is 0 Å². The second-order valence-corrected chi connectivity index (χ2v) is 6.87. The summed E-state index contributed by atoms with van der Waals surface area (Å²) in [6.07, 6.45) is 2.55. The molecule has 0 aromatic heterocycles. The standard InChI is InChI=1S/C22H25FN2O3/c1-2-3-14-28-19-10-4-16(5-11-19)15-24-21(26)20-12-13-25(22(20)27)18-8-6-17(23)7-9-18/h4-11,20H,2-3,12-15H2,1H3,(H,24,26). The third-order valence-electron chi connectivity index (χ3n) is 4.82. The number of carbonyl (C=O) groups is 2. The van der Waals surface area contributed by atoms with Gasteiger partial charge in [-0.05, 0) is 54.8 Å². The fraction of sp³-hybridized carbons (Fsp3) is 0.364. The van der Waals surface area contributed by atoms with Gasteiger partial charge in [0.25, 0.3) is 0 Å². The van der Waals surface area contributed by atoms with E-state index in [-0.39, 0.29) is 17.6 Å². The molecule has 1 heterocycles. The highest BCUT2D eigenvalue weighted by Crippen LogP contribution is 2.25. The number of hydrogen-bond acceptors (Lipinski definition) is 3. The lowest BCUT2D eigenvalue weighted by Gasteiger charge is -2.16. The summed E-state index contributed by atoms with van der Waals surface area (Å²) in [4.78, 5) is 26.6. The van der Waals surface area contributed by atoms with E-state index in [0.29, 0.717) is 31.8 Å². The third kappa shape index (κ3) is 4.88. The van der Waals surface area contributed by atoms with Gasteiger partial charge in [-0.3, -0.25) is 9.59 Å². The second kappa shape index (κ2) is 9.35. The Kier molecular flexibility index (Phi) is 6.63. The number of unbranched alkanes of at least 4 members (excludes halogenated alkanes) is 1. The van der Waals surface area contributed by atoms with E-state index in [1.165, 1.54) is 17.0 Å². The van der Waals surface area contributed by atoms with Crippen LogP contribution in [0.4, 0.5) is 10.1 Å². The van der Waals surface area contributed by atoms with Crippen molar-refractivity contribution in [3.63, 3.8) is 0 Å². The van der Waals surface area contributed by atoms with Gasteiger partial charge in [-0.2, -0.15) is 0 Å². The highest BCUT2D eigenvalue weighted by atomic mass is 19.1. The Hall–Kier alpha value is -2.89. The SMILES string of the molecule is CCCCOc1ccc(CNC(=O)C2CCN(c3ccc(F)cc3)C2=O)cc1. The van der Waals surface area contributed by atoms with Gasteiger partial charge >= 0.3 is 0 Å². The van der Waals surface area contributed by atoms with Crippen LogP contribution in [-0.2, 0) is 16.1 Å². The molecular formula is C22H25FN2O3. The average Bonchev–Trinajstić information content (AvgIpc) is 3.09. The number of amides is 2. The summed E-state index contributed by atoms with van der Waals surface area (Å²) in [6.45, 7) is 3.62. The summed E-state index contributed by atoms with van der Waals surface area (Å²) < 4.78 is 18.7. The van der Waals surface area contributed by atoms with Gasteiger partial charge in [0.15, 0.2) is 0 Å². The quantitative estimate of drug-likeness (QED) is 0.558. The molecule has 3 rings (SSSR count). The average molecular weight is 384 g/mol. The second-order valence-electron chi connectivity index (χ2n) is 6.87. The Balaban J connectivity index is 1.51. The molecule has 0 spiro atoms. The number of nitrogens with zero attached hydrogens (tertiary/aromatic N) is 1. The maximum absolute atomic E-state index is 13.1. The Bertz CT molecular complexity index is 806. The molecule has 28 heavy (non-hydrogen) atoms. The predicted molar refractivity (Wildman–Crippen MR) is 106 cm³/mol. The van der Waals surface area contributed by atoms with Gasteiger partial charge in [0.05, 0.1) is 6.61 Å². The maximum Gasteiger partial charge on any atom is 0.239 e. The largest absolute Gasteiger partial charge is 0.494 e. The van der Waals surface area contributed by atoms with E-state index in [4.69, 9.17) is 4.74 Å². The van der Waals surface area contributed by atoms with E-state index in [1.54, 1.807) is 12.1 Å². The normalized spacial score (nSPS) is 16.3. The Labute approximate surface area is 164 Å². The van der Waals surface area contributed by atoms with E-state index < -0.39 is 5.92 Å². The molecule has 2 aromatic carbocycles. The number of carbonyl (C=O) groups excluding carboxylic acids is 2. The number of rotatable bonds is 8. The molecule has 2 aromatic rings. The Morgan fingerprint density at radius 3 is 2.57 bits per heavy atom. The topological polar surface area (TPSA) is 58.6 Å². The van der Waals surface area contributed by atoms with Crippen molar-refractivity contribution in [2.24, 2.45) is 5.92 Å². The molecule has 1 unspecified atom stereocenters. The van der Waals surface area contributed by atoms with E-state index in [1.807, 2.05) is 24.3 Å². The zero-order chi connectivity index (χ0) is 19.9. The molecule has 1 aliphatic rings. The van der Waals surface area contributed by atoms with Crippen LogP contribution in [0.3, 0.4) is 0 Å². The summed E-state index contributed by atoms with van der Waals surface area (Å²) >= 11 is 0. The van der Waals surface area contributed by atoms with Crippen LogP contribution in [-0.4, -0.2) is 25.0 Å². The van der Waals surface area contributed by atoms with Gasteiger partial charge < -0.3 is 15.0 Å². The first-order chi connectivity index (χ1) is 13.6. The molecule has 1 atom stereocenters. The lowest BCUT2D eigenvalue weighted by Crippen LogP contribution is -2.36. The molecule has 2 amide bonds. The number of nitrogens with one attached hydrogen (secondary N) is 1. The van der Waals surface area contributed by atoms with Crippen molar-refractivity contribution in [2.45, 2.75) is 32.7 Å².